The Morgan fingerprint density at radius 3 is 1.67 bits per heavy atom. The highest BCUT2D eigenvalue weighted by molar-refractivity contribution is 5.86. The summed E-state index contributed by atoms with van der Waals surface area (Å²) >= 11 is 0. The molecule has 0 rings (SSSR count). The number of hydrogen-bond donors (Lipinski definition) is 4. The number of halogens is 1. The highest BCUT2D eigenvalue weighted by atomic mass is 35.5. The van der Waals surface area contributed by atoms with Crippen LogP contribution >= 0.6 is 12.4 Å². The molecule has 4 N–H and O–H groups in total. The van der Waals surface area contributed by atoms with Crippen molar-refractivity contribution in [2.24, 2.45) is 0 Å². The number of aliphatic carboxylic acids is 3. The smallest absolute Gasteiger partial charge is 0.351 e. The van der Waals surface area contributed by atoms with Gasteiger partial charge in [0, 0.05) is 30.8 Å². The average Bonchev–Trinajstić information content (AvgIpc) is 2.59. The molecule has 0 spiro atoms. The third-order valence-electron chi connectivity index (χ3n) is 3.34. The lowest BCUT2D eigenvalue weighted by Crippen LogP contribution is -2.29. The standard InChI is InChI=1S/C12H19NO4.C6H10O3.ClH/c1-4-5-7-13(10(3)12(16)17)8-6-9(2)11(14)15;1-5(6(8)9)3-2-4-7;/h2-8H2,1H3,(H,14,15)(H,16,17);7H,1-4H2,(H,8,9);1H. The van der Waals surface area contributed by atoms with Crippen LogP contribution < -0.4 is 0 Å². The highest BCUT2D eigenvalue weighted by Crippen LogP contribution is 2.09. The third-order valence-corrected chi connectivity index (χ3v) is 3.34. The minimum Gasteiger partial charge on any atom is -0.478 e. The van der Waals surface area contributed by atoms with Gasteiger partial charge in [-0.3, -0.25) is 0 Å². The van der Waals surface area contributed by atoms with E-state index < -0.39 is 17.9 Å². The van der Waals surface area contributed by atoms with Gasteiger partial charge < -0.3 is 25.3 Å². The van der Waals surface area contributed by atoms with E-state index in [-0.39, 0.29) is 42.3 Å². The van der Waals surface area contributed by atoms with Gasteiger partial charge in [-0.15, -0.1) is 12.4 Å². The maximum absolute atomic E-state index is 10.8. The summed E-state index contributed by atoms with van der Waals surface area (Å²) in [4.78, 5) is 33.0. The monoisotopic (exact) mass is 407 g/mol. The van der Waals surface area contributed by atoms with Crippen molar-refractivity contribution in [3.63, 3.8) is 0 Å². The molecule has 0 aromatic rings. The first kappa shape index (κ1) is 29.4. The zero-order valence-electron chi connectivity index (χ0n) is 15.6. The van der Waals surface area contributed by atoms with Crippen LogP contribution in [0.25, 0.3) is 0 Å². The number of nitrogens with zero attached hydrogens (tertiary/aromatic N) is 1. The fourth-order valence-electron chi connectivity index (χ4n) is 1.64. The number of aliphatic hydroxyl groups excluding tert-OH is 1. The van der Waals surface area contributed by atoms with E-state index in [4.69, 9.17) is 20.4 Å². The van der Waals surface area contributed by atoms with Gasteiger partial charge in [0.05, 0.1) is 0 Å². The second-order valence-electron chi connectivity index (χ2n) is 5.49. The molecule has 0 aromatic carbocycles. The van der Waals surface area contributed by atoms with Crippen molar-refractivity contribution in [2.75, 3.05) is 19.7 Å². The van der Waals surface area contributed by atoms with Crippen molar-refractivity contribution < 1.29 is 34.8 Å². The Morgan fingerprint density at radius 2 is 1.30 bits per heavy atom. The Morgan fingerprint density at radius 1 is 0.815 bits per heavy atom. The van der Waals surface area contributed by atoms with E-state index in [0.29, 0.717) is 25.9 Å². The van der Waals surface area contributed by atoms with Crippen molar-refractivity contribution in [3.8, 4) is 0 Å². The third kappa shape index (κ3) is 15.6. The van der Waals surface area contributed by atoms with Crippen molar-refractivity contribution in [2.45, 2.75) is 39.0 Å². The Labute approximate surface area is 165 Å². The maximum atomic E-state index is 10.8. The molecule has 9 heteroatoms. The van der Waals surface area contributed by atoms with Crippen molar-refractivity contribution in [1.82, 2.24) is 4.90 Å². The Kier molecular flexibility index (Phi) is 18.7. The number of carboxylic acid groups (broad SMARTS) is 3. The fraction of sp³-hybridized carbons (Fsp3) is 0.500. The molecule has 0 aliphatic rings. The Bertz CT molecular complexity index is 532. The molecule has 0 unspecified atom stereocenters. The van der Waals surface area contributed by atoms with E-state index in [1.807, 2.05) is 6.92 Å². The van der Waals surface area contributed by atoms with E-state index in [0.717, 1.165) is 12.8 Å². The molecule has 0 saturated heterocycles. The SMILES string of the molecule is C=C(CCCO)C(=O)O.C=C(CCN(CCCC)C(=C)C(=O)O)C(=O)O.Cl. The van der Waals surface area contributed by atoms with Gasteiger partial charge >= 0.3 is 17.9 Å². The molecular weight excluding hydrogens is 378 g/mol. The molecule has 0 bridgehead atoms. The second kappa shape index (κ2) is 17.1. The molecule has 0 saturated carbocycles. The normalized spacial score (nSPS) is 9.11. The summed E-state index contributed by atoms with van der Waals surface area (Å²) in [6, 6.07) is 0. The first-order valence-electron chi connectivity index (χ1n) is 8.18. The first-order chi connectivity index (χ1) is 12.1. The number of carbonyl (C=O) groups is 3. The number of rotatable bonds is 13. The van der Waals surface area contributed by atoms with Crippen LogP contribution in [0.15, 0.2) is 36.6 Å². The van der Waals surface area contributed by atoms with Gasteiger partial charge in [0.1, 0.15) is 5.70 Å². The van der Waals surface area contributed by atoms with Crippen molar-refractivity contribution in [1.29, 1.82) is 0 Å². The minimum absolute atomic E-state index is 0. The van der Waals surface area contributed by atoms with Crippen LogP contribution in [0.3, 0.4) is 0 Å². The highest BCUT2D eigenvalue weighted by Gasteiger charge is 2.15. The van der Waals surface area contributed by atoms with E-state index in [1.165, 1.54) is 0 Å². The van der Waals surface area contributed by atoms with E-state index in [9.17, 15) is 14.4 Å². The fourth-order valence-corrected chi connectivity index (χ4v) is 1.64. The summed E-state index contributed by atoms with van der Waals surface area (Å²) < 4.78 is 0. The topological polar surface area (TPSA) is 135 Å². The Balaban J connectivity index is -0.000000491. The zero-order valence-corrected chi connectivity index (χ0v) is 16.5. The number of hydrogen-bond acceptors (Lipinski definition) is 5. The minimum atomic E-state index is -1.08. The molecule has 0 radical (unpaired) electrons. The van der Waals surface area contributed by atoms with Crippen molar-refractivity contribution in [3.05, 3.63) is 36.6 Å². The molecule has 8 nitrogen and oxygen atoms in total. The second-order valence-corrected chi connectivity index (χ2v) is 5.49. The molecule has 0 aromatic heterocycles. The van der Waals surface area contributed by atoms with Gasteiger partial charge in [-0.25, -0.2) is 14.4 Å². The van der Waals surface area contributed by atoms with Gasteiger partial charge in [0.25, 0.3) is 0 Å². The van der Waals surface area contributed by atoms with Gasteiger partial charge in [0.2, 0.25) is 0 Å². The summed E-state index contributed by atoms with van der Waals surface area (Å²) in [5, 5.41) is 34.0. The van der Waals surface area contributed by atoms with Crippen LogP contribution in [0.5, 0.6) is 0 Å². The van der Waals surface area contributed by atoms with Gasteiger partial charge in [-0.2, -0.15) is 0 Å². The lowest BCUT2D eigenvalue weighted by Gasteiger charge is -2.24. The first-order valence-corrected chi connectivity index (χ1v) is 8.18. The summed E-state index contributed by atoms with van der Waals surface area (Å²) in [5.74, 6) is -3.12. The van der Waals surface area contributed by atoms with Crippen LogP contribution in [-0.2, 0) is 14.4 Å². The predicted molar refractivity (Wildman–Crippen MR) is 105 cm³/mol. The summed E-state index contributed by atoms with van der Waals surface area (Å²) in [6.07, 6.45) is 2.84. The van der Waals surface area contributed by atoms with E-state index in [1.54, 1.807) is 4.90 Å². The molecule has 0 atom stereocenters. The summed E-state index contributed by atoms with van der Waals surface area (Å²) in [5.41, 5.74) is 0.227. The molecule has 0 fully saturated rings. The van der Waals surface area contributed by atoms with Crippen LogP contribution in [0, 0.1) is 0 Å². The molecule has 156 valence electrons. The number of aliphatic hydroxyl groups is 1. The zero-order chi connectivity index (χ0) is 20.7. The molecule has 0 amide bonds. The summed E-state index contributed by atoms with van der Waals surface area (Å²) in [6.45, 7) is 13.1. The predicted octanol–water partition coefficient (Wildman–Crippen LogP) is 2.54. The van der Waals surface area contributed by atoms with Crippen LogP contribution in [-0.4, -0.2) is 62.9 Å². The van der Waals surface area contributed by atoms with Gasteiger partial charge in [0.15, 0.2) is 0 Å². The number of carboxylic acids is 3. The molecular formula is C18H30ClNO7. The van der Waals surface area contributed by atoms with Gasteiger partial charge in [-0.05, 0) is 25.7 Å². The quantitative estimate of drug-likeness (QED) is 0.342. The molecule has 0 aliphatic carbocycles. The molecule has 0 heterocycles. The molecule has 0 aliphatic heterocycles. The largest absolute Gasteiger partial charge is 0.478 e. The average molecular weight is 408 g/mol. The lowest BCUT2D eigenvalue weighted by atomic mass is 10.2. The van der Waals surface area contributed by atoms with E-state index in [2.05, 4.69) is 19.7 Å². The maximum Gasteiger partial charge on any atom is 0.351 e. The van der Waals surface area contributed by atoms with Gasteiger partial charge in [-0.1, -0.05) is 33.1 Å². The number of unbranched alkanes of at least 4 members (excludes halogenated alkanes) is 1. The van der Waals surface area contributed by atoms with Crippen LogP contribution in [0.1, 0.15) is 39.0 Å². The lowest BCUT2D eigenvalue weighted by molar-refractivity contribution is -0.134. The summed E-state index contributed by atoms with van der Waals surface area (Å²) in [7, 11) is 0. The molecule has 27 heavy (non-hydrogen) atoms. The van der Waals surface area contributed by atoms with E-state index >= 15 is 0 Å². The van der Waals surface area contributed by atoms with Crippen LogP contribution in [0.4, 0.5) is 0 Å². The van der Waals surface area contributed by atoms with Crippen molar-refractivity contribution >= 4 is 30.3 Å². The van der Waals surface area contributed by atoms with Crippen LogP contribution in [0.2, 0.25) is 0 Å². The Hall–Kier alpha value is -2.32.